The molecule has 1 aromatic rings. The van der Waals surface area contributed by atoms with Crippen molar-refractivity contribution >= 4 is 0 Å². The number of fused-ring (bicyclic) bond motifs is 6. The van der Waals surface area contributed by atoms with E-state index in [1.165, 1.54) is 40.7 Å². The normalized spacial score (nSPS) is 40.2. The first kappa shape index (κ1) is 18.0. The molecule has 29 heavy (non-hydrogen) atoms. The molecule has 0 amide bonds. The van der Waals surface area contributed by atoms with Crippen molar-refractivity contribution in [2.75, 3.05) is 0 Å². The fourth-order valence-electron chi connectivity index (χ4n) is 7.89. The van der Waals surface area contributed by atoms with Crippen LogP contribution in [0.5, 0.6) is 5.75 Å². The van der Waals surface area contributed by atoms with Gasteiger partial charge in [0.1, 0.15) is 5.75 Å². The summed E-state index contributed by atoms with van der Waals surface area (Å²) in [5, 5.41) is 22.1. The van der Waals surface area contributed by atoms with Crippen LogP contribution in [0.15, 0.2) is 53.1 Å². The number of hydrogen-bond donors (Lipinski definition) is 2. The third-order valence-electron chi connectivity index (χ3n) is 9.43. The molecule has 0 bridgehead atoms. The van der Waals surface area contributed by atoms with Crippen molar-refractivity contribution < 1.29 is 10.2 Å². The first-order valence-electron chi connectivity index (χ1n) is 11.6. The minimum atomic E-state index is -0.668. The second-order valence-corrected chi connectivity index (χ2v) is 10.5. The van der Waals surface area contributed by atoms with E-state index in [0.717, 1.165) is 44.9 Å². The quantitative estimate of drug-likeness (QED) is 0.623. The Hall–Kier alpha value is -1.80. The molecule has 0 radical (unpaired) electrons. The maximum absolute atomic E-state index is 12.1. The summed E-state index contributed by atoms with van der Waals surface area (Å²) in [4.78, 5) is 0. The first-order chi connectivity index (χ1) is 14.0. The zero-order chi connectivity index (χ0) is 19.8. The van der Waals surface area contributed by atoms with Gasteiger partial charge in [-0.25, -0.2) is 0 Å². The van der Waals surface area contributed by atoms with Crippen molar-refractivity contribution in [1.82, 2.24) is 0 Å². The molecular weight excluding hydrogens is 356 g/mol. The number of rotatable bonds is 1. The number of aryl methyl sites for hydroxylation is 1. The Morgan fingerprint density at radius 3 is 2.79 bits per heavy atom. The van der Waals surface area contributed by atoms with Crippen LogP contribution < -0.4 is 0 Å². The van der Waals surface area contributed by atoms with E-state index in [-0.39, 0.29) is 5.41 Å². The lowest BCUT2D eigenvalue weighted by Crippen LogP contribution is -2.51. The molecule has 0 spiro atoms. The van der Waals surface area contributed by atoms with Gasteiger partial charge in [-0.15, -0.1) is 0 Å². The van der Waals surface area contributed by atoms with E-state index in [2.05, 4.69) is 31.2 Å². The van der Waals surface area contributed by atoms with Gasteiger partial charge in [-0.3, -0.25) is 0 Å². The first-order valence-corrected chi connectivity index (χ1v) is 11.6. The highest BCUT2D eigenvalue weighted by atomic mass is 16.3. The van der Waals surface area contributed by atoms with Crippen LogP contribution >= 0.6 is 0 Å². The largest absolute Gasteiger partial charge is 0.508 e. The van der Waals surface area contributed by atoms with Gasteiger partial charge < -0.3 is 10.2 Å². The van der Waals surface area contributed by atoms with E-state index in [1.54, 1.807) is 0 Å². The SMILES string of the molecule is C[C@]12CC[C@@H]3c4ccc(O)cc4CC[C@H]3[C@@H]1CC[C@@]2(O)C1=CCC2=CCCC2=C1. The Labute approximate surface area is 174 Å². The van der Waals surface area contributed by atoms with Crippen molar-refractivity contribution in [3.63, 3.8) is 0 Å². The van der Waals surface area contributed by atoms with E-state index in [4.69, 9.17) is 0 Å². The van der Waals surface area contributed by atoms with Gasteiger partial charge in [0.05, 0.1) is 5.60 Å². The Bertz CT molecular complexity index is 967. The standard InChI is InChI=1S/C27H32O2/c1-26-13-11-23-22-10-8-21(28)16-19(22)6-9-24(23)25(26)12-14-27(26,29)20-7-5-17-3-2-4-18(17)15-20/h3,7-8,10,15-16,23-25,28-29H,2,4-6,9,11-14H2,1H3/t23-,24-,25+,26+,27-/m1/s1. The Balaban J connectivity index is 1.34. The van der Waals surface area contributed by atoms with Crippen LogP contribution in [0, 0.1) is 17.3 Å². The molecule has 2 N–H and O–H groups in total. The summed E-state index contributed by atoms with van der Waals surface area (Å²) in [5.41, 5.74) is 6.32. The van der Waals surface area contributed by atoms with Crippen LogP contribution in [0.25, 0.3) is 0 Å². The van der Waals surface area contributed by atoms with Crippen molar-refractivity contribution in [2.45, 2.75) is 76.2 Å². The maximum Gasteiger partial charge on any atom is 0.115 e. The third kappa shape index (κ3) is 2.39. The van der Waals surface area contributed by atoms with Gasteiger partial charge in [0.2, 0.25) is 0 Å². The van der Waals surface area contributed by atoms with Gasteiger partial charge in [-0.05, 0) is 116 Å². The number of aliphatic hydroxyl groups is 1. The Kier molecular flexibility index (Phi) is 3.79. The lowest BCUT2D eigenvalue weighted by molar-refractivity contribution is -0.0764. The summed E-state index contributed by atoms with van der Waals surface area (Å²) >= 11 is 0. The van der Waals surface area contributed by atoms with Crippen molar-refractivity contribution in [1.29, 1.82) is 0 Å². The van der Waals surface area contributed by atoms with E-state index in [1.807, 2.05) is 12.1 Å². The van der Waals surface area contributed by atoms with E-state index in [9.17, 15) is 10.2 Å². The van der Waals surface area contributed by atoms with Gasteiger partial charge in [-0.2, -0.15) is 0 Å². The van der Waals surface area contributed by atoms with Gasteiger partial charge in [0, 0.05) is 5.41 Å². The summed E-state index contributed by atoms with van der Waals surface area (Å²) < 4.78 is 0. The van der Waals surface area contributed by atoms with Crippen LogP contribution in [-0.2, 0) is 6.42 Å². The molecule has 2 nitrogen and oxygen atoms in total. The van der Waals surface area contributed by atoms with Gasteiger partial charge in [0.15, 0.2) is 0 Å². The average Bonchev–Trinajstić information content (AvgIpc) is 3.30. The molecule has 2 heteroatoms. The third-order valence-corrected chi connectivity index (χ3v) is 9.43. The molecule has 0 aliphatic heterocycles. The number of phenols is 1. The minimum Gasteiger partial charge on any atom is -0.508 e. The number of aromatic hydroxyl groups is 1. The summed E-state index contributed by atoms with van der Waals surface area (Å²) in [6, 6.07) is 6.02. The molecule has 6 rings (SSSR count). The lowest BCUT2D eigenvalue weighted by atomic mass is 9.52. The van der Waals surface area contributed by atoms with E-state index < -0.39 is 5.60 Å². The fraction of sp³-hybridized carbons (Fsp3) is 0.556. The molecule has 5 aliphatic rings. The fourth-order valence-corrected chi connectivity index (χ4v) is 7.89. The maximum atomic E-state index is 12.1. The summed E-state index contributed by atoms with van der Waals surface area (Å²) in [6.45, 7) is 2.40. The predicted octanol–water partition coefficient (Wildman–Crippen LogP) is 5.96. The van der Waals surface area contributed by atoms with Crippen LogP contribution in [0.4, 0.5) is 0 Å². The summed E-state index contributed by atoms with van der Waals surface area (Å²) in [6.07, 6.45) is 17.0. The van der Waals surface area contributed by atoms with Gasteiger partial charge in [-0.1, -0.05) is 31.2 Å². The van der Waals surface area contributed by atoms with Crippen molar-refractivity contribution in [2.24, 2.45) is 17.3 Å². The molecule has 1 aromatic carbocycles. The zero-order valence-electron chi connectivity index (χ0n) is 17.5. The molecule has 0 heterocycles. The molecule has 0 aromatic heterocycles. The molecular formula is C27H32O2. The highest BCUT2D eigenvalue weighted by Gasteiger charge is 2.62. The molecule has 0 saturated heterocycles. The predicted molar refractivity (Wildman–Crippen MR) is 116 cm³/mol. The second kappa shape index (κ2) is 6.11. The highest BCUT2D eigenvalue weighted by molar-refractivity contribution is 5.50. The Morgan fingerprint density at radius 2 is 1.90 bits per heavy atom. The molecule has 0 unspecified atom stereocenters. The average molecular weight is 389 g/mol. The van der Waals surface area contributed by atoms with Crippen molar-refractivity contribution in [3.05, 3.63) is 64.3 Å². The number of allylic oxidation sites excluding steroid dienone is 4. The van der Waals surface area contributed by atoms with Crippen molar-refractivity contribution in [3.8, 4) is 5.75 Å². The second-order valence-electron chi connectivity index (χ2n) is 10.5. The van der Waals surface area contributed by atoms with Crippen LogP contribution in [0.2, 0.25) is 0 Å². The molecule has 152 valence electrons. The molecule has 2 saturated carbocycles. The van der Waals surface area contributed by atoms with Crippen LogP contribution in [0.1, 0.15) is 75.3 Å². The summed E-state index contributed by atoms with van der Waals surface area (Å²) in [5.74, 6) is 2.25. The monoisotopic (exact) mass is 388 g/mol. The smallest absolute Gasteiger partial charge is 0.115 e. The zero-order valence-corrected chi connectivity index (χ0v) is 17.5. The van der Waals surface area contributed by atoms with Gasteiger partial charge in [0.25, 0.3) is 0 Å². The molecule has 5 atom stereocenters. The van der Waals surface area contributed by atoms with Crippen LogP contribution in [0.3, 0.4) is 0 Å². The molecule has 5 aliphatic carbocycles. The summed E-state index contributed by atoms with van der Waals surface area (Å²) in [7, 11) is 0. The number of phenolic OH excluding ortho intramolecular Hbond substituents is 1. The van der Waals surface area contributed by atoms with E-state index >= 15 is 0 Å². The lowest BCUT2D eigenvalue weighted by Gasteiger charge is -2.54. The molecule has 2 fully saturated rings. The number of benzene rings is 1. The van der Waals surface area contributed by atoms with E-state index in [0.29, 0.717) is 23.5 Å². The minimum absolute atomic E-state index is 0.0225. The highest BCUT2D eigenvalue weighted by Crippen LogP contribution is 2.66. The topological polar surface area (TPSA) is 40.5 Å². The van der Waals surface area contributed by atoms with Gasteiger partial charge >= 0.3 is 0 Å². The van der Waals surface area contributed by atoms with Crippen LogP contribution in [-0.4, -0.2) is 15.8 Å². The number of hydrogen-bond acceptors (Lipinski definition) is 2. The Morgan fingerprint density at radius 1 is 1.00 bits per heavy atom.